The van der Waals surface area contributed by atoms with Crippen LogP contribution in [-0.4, -0.2) is 20.5 Å². The average molecular weight is 247 g/mol. The van der Waals surface area contributed by atoms with Gasteiger partial charge >= 0.3 is 0 Å². The Morgan fingerprint density at radius 3 is 2.83 bits per heavy atom. The second kappa shape index (κ2) is 5.08. The molecule has 94 valence electrons. The first-order valence-electron chi connectivity index (χ1n) is 5.74. The molecule has 0 atom stereocenters. The molecule has 0 saturated carbocycles. The second-order valence-electron chi connectivity index (χ2n) is 4.34. The number of Topliss-reactive ketones (excluding diaryl/α,β-unsaturated/α-hetero) is 1. The number of rotatable bonds is 4. The maximum Gasteiger partial charge on any atom is 0.171 e. The average Bonchev–Trinajstić information content (AvgIpc) is 2.78. The molecule has 2 aromatic rings. The van der Waals surface area contributed by atoms with E-state index in [1.54, 1.807) is 10.7 Å². The zero-order chi connectivity index (χ0) is 13.1. The first-order chi connectivity index (χ1) is 8.58. The van der Waals surface area contributed by atoms with E-state index in [1.165, 1.54) is 12.3 Å². The normalized spacial score (nSPS) is 10.9. The van der Waals surface area contributed by atoms with Gasteiger partial charge in [-0.05, 0) is 26.0 Å². The highest BCUT2D eigenvalue weighted by Crippen LogP contribution is 2.10. The summed E-state index contributed by atoms with van der Waals surface area (Å²) in [6.07, 6.45) is 4.36. The number of carbonyl (C=O) groups is 1. The molecule has 0 aliphatic heterocycles. The Hall–Kier alpha value is -2.04. The van der Waals surface area contributed by atoms with Crippen LogP contribution in [0.25, 0.3) is 0 Å². The van der Waals surface area contributed by atoms with Crippen molar-refractivity contribution < 1.29 is 9.18 Å². The molecule has 2 heterocycles. The van der Waals surface area contributed by atoms with Gasteiger partial charge in [0, 0.05) is 18.4 Å². The number of aromatic nitrogens is 3. The van der Waals surface area contributed by atoms with Crippen LogP contribution in [0.15, 0.2) is 30.7 Å². The lowest BCUT2D eigenvalue weighted by Crippen LogP contribution is -2.08. The van der Waals surface area contributed by atoms with Crippen LogP contribution >= 0.6 is 0 Å². The summed E-state index contributed by atoms with van der Waals surface area (Å²) in [7, 11) is 0. The summed E-state index contributed by atoms with van der Waals surface area (Å²) < 4.78 is 15.1. The highest BCUT2D eigenvalue weighted by Gasteiger charge is 2.13. The summed E-state index contributed by atoms with van der Waals surface area (Å²) in [5, 5.41) is 4.26. The van der Waals surface area contributed by atoms with Gasteiger partial charge in [0.2, 0.25) is 0 Å². The number of hydrogen-bond acceptors (Lipinski definition) is 3. The van der Waals surface area contributed by atoms with Crippen LogP contribution in [0.2, 0.25) is 0 Å². The SMILES string of the molecule is CC(C)n1ccc(CC(=O)c2ccncc2F)n1. The maximum absolute atomic E-state index is 13.4. The van der Waals surface area contributed by atoms with Crippen LogP contribution in [0.1, 0.15) is 35.9 Å². The van der Waals surface area contributed by atoms with Gasteiger partial charge in [0.15, 0.2) is 11.6 Å². The molecule has 0 saturated heterocycles. The third kappa shape index (κ3) is 2.61. The fraction of sp³-hybridized carbons (Fsp3) is 0.308. The van der Waals surface area contributed by atoms with E-state index in [0.717, 1.165) is 6.20 Å². The fourth-order valence-corrected chi connectivity index (χ4v) is 1.62. The first kappa shape index (κ1) is 12.4. The van der Waals surface area contributed by atoms with E-state index in [9.17, 15) is 9.18 Å². The summed E-state index contributed by atoms with van der Waals surface area (Å²) in [5.74, 6) is -0.880. The monoisotopic (exact) mass is 247 g/mol. The molecule has 0 amide bonds. The van der Waals surface area contributed by atoms with E-state index in [-0.39, 0.29) is 23.8 Å². The van der Waals surface area contributed by atoms with Gasteiger partial charge in [-0.15, -0.1) is 0 Å². The van der Waals surface area contributed by atoms with Crippen molar-refractivity contribution in [2.45, 2.75) is 26.3 Å². The lowest BCUT2D eigenvalue weighted by molar-refractivity contribution is 0.0987. The highest BCUT2D eigenvalue weighted by molar-refractivity contribution is 5.97. The Bertz CT molecular complexity index is 563. The molecular formula is C13H14FN3O. The second-order valence-corrected chi connectivity index (χ2v) is 4.34. The molecular weight excluding hydrogens is 233 g/mol. The predicted molar refractivity (Wildman–Crippen MR) is 64.8 cm³/mol. The van der Waals surface area contributed by atoms with Gasteiger partial charge in [0.25, 0.3) is 0 Å². The van der Waals surface area contributed by atoms with Crippen LogP contribution in [0.3, 0.4) is 0 Å². The Morgan fingerprint density at radius 2 is 2.22 bits per heavy atom. The van der Waals surface area contributed by atoms with Crippen molar-refractivity contribution in [1.29, 1.82) is 0 Å². The third-order valence-electron chi connectivity index (χ3n) is 2.61. The molecule has 0 N–H and O–H groups in total. The van der Waals surface area contributed by atoms with Gasteiger partial charge in [-0.3, -0.25) is 14.5 Å². The van der Waals surface area contributed by atoms with E-state index >= 15 is 0 Å². The van der Waals surface area contributed by atoms with Crippen molar-refractivity contribution in [3.8, 4) is 0 Å². The smallest absolute Gasteiger partial charge is 0.171 e. The van der Waals surface area contributed by atoms with Crippen molar-refractivity contribution >= 4 is 5.78 Å². The van der Waals surface area contributed by atoms with Gasteiger partial charge < -0.3 is 0 Å². The summed E-state index contributed by atoms with van der Waals surface area (Å²) in [6, 6.07) is 3.40. The molecule has 5 heteroatoms. The summed E-state index contributed by atoms with van der Waals surface area (Å²) >= 11 is 0. The van der Waals surface area contributed by atoms with E-state index in [2.05, 4.69) is 10.1 Å². The van der Waals surface area contributed by atoms with Gasteiger partial charge in [0.1, 0.15) is 0 Å². The Balaban J connectivity index is 2.14. The highest BCUT2D eigenvalue weighted by atomic mass is 19.1. The van der Waals surface area contributed by atoms with Gasteiger partial charge in [-0.2, -0.15) is 5.10 Å². The molecule has 0 aliphatic rings. The zero-order valence-corrected chi connectivity index (χ0v) is 10.3. The first-order valence-corrected chi connectivity index (χ1v) is 5.74. The van der Waals surface area contributed by atoms with Gasteiger partial charge in [0.05, 0.1) is 23.9 Å². The molecule has 0 fully saturated rings. The summed E-state index contributed by atoms with van der Waals surface area (Å²) in [5.41, 5.74) is 0.703. The van der Waals surface area contributed by atoms with Crippen LogP contribution in [-0.2, 0) is 6.42 Å². The Kier molecular flexibility index (Phi) is 3.50. The topological polar surface area (TPSA) is 47.8 Å². The van der Waals surface area contributed by atoms with E-state index in [4.69, 9.17) is 0 Å². The van der Waals surface area contributed by atoms with E-state index in [1.807, 2.05) is 20.0 Å². The number of ketones is 1. The minimum Gasteiger partial charge on any atom is -0.294 e. The van der Waals surface area contributed by atoms with Crippen LogP contribution in [0, 0.1) is 5.82 Å². The van der Waals surface area contributed by atoms with Crippen molar-refractivity contribution in [2.75, 3.05) is 0 Å². The number of carbonyl (C=O) groups excluding carboxylic acids is 1. The lowest BCUT2D eigenvalue weighted by atomic mass is 10.1. The van der Waals surface area contributed by atoms with Crippen LogP contribution in [0.5, 0.6) is 0 Å². The summed E-state index contributed by atoms with van der Waals surface area (Å²) in [6.45, 7) is 4.00. The summed E-state index contributed by atoms with van der Waals surface area (Å²) in [4.78, 5) is 15.5. The molecule has 18 heavy (non-hydrogen) atoms. The van der Waals surface area contributed by atoms with Crippen molar-refractivity contribution in [3.63, 3.8) is 0 Å². The molecule has 4 nitrogen and oxygen atoms in total. The molecule has 0 spiro atoms. The predicted octanol–water partition coefficient (Wildman–Crippen LogP) is 2.42. The van der Waals surface area contributed by atoms with Crippen molar-refractivity contribution in [3.05, 3.63) is 47.8 Å². The largest absolute Gasteiger partial charge is 0.294 e. The molecule has 0 aliphatic carbocycles. The minimum absolute atomic E-state index is 0.0593. The lowest BCUT2D eigenvalue weighted by Gasteiger charge is -2.04. The maximum atomic E-state index is 13.4. The number of hydrogen-bond donors (Lipinski definition) is 0. The zero-order valence-electron chi connectivity index (χ0n) is 10.3. The van der Waals surface area contributed by atoms with Crippen molar-refractivity contribution in [1.82, 2.24) is 14.8 Å². The number of halogens is 1. The van der Waals surface area contributed by atoms with Gasteiger partial charge in [-0.25, -0.2) is 4.39 Å². The quantitative estimate of drug-likeness (QED) is 0.779. The molecule has 2 aromatic heterocycles. The van der Waals surface area contributed by atoms with Gasteiger partial charge in [-0.1, -0.05) is 0 Å². The molecule has 0 aromatic carbocycles. The standard InChI is InChI=1S/C13H14FN3O/c1-9(2)17-6-4-10(16-17)7-13(18)11-3-5-15-8-12(11)14/h3-6,8-9H,7H2,1-2H3. The van der Waals surface area contributed by atoms with E-state index < -0.39 is 5.82 Å². The fourth-order valence-electron chi connectivity index (χ4n) is 1.62. The van der Waals surface area contributed by atoms with Crippen LogP contribution in [0.4, 0.5) is 4.39 Å². The third-order valence-corrected chi connectivity index (χ3v) is 2.61. The molecule has 0 bridgehead atoms. The molecule has 0 unspecified atom stereocenters. The molecule has 0 radical (unpaired) electrons. The minimum atomic E-state index is -0.592. The Labute approximate surface area is 104 Å². The van der Waals surface area contributed by atoms with Crippen molar-refractivity contribution in [2.24, 2.45) is 0 Å². The van der Waals surface area contributed by atoms with E-state index in [0.29, 0.717) is 5.69 Å². The number of pyridine rings is 1. The molecule has 2 rings (SSSR count). The Morgan fingerprint density at radius 1 is 1.44 bits per heavy atom. The van der Waals surface area contributed by atoms with Crippen LogP contribution < -0.4 is 0 Å². The number of nitrogens with zero attached hydrogens (tertiary/aromatic N) is 3.